The van der Waals surface area contributed by atoms with Crippen molar-refractivity contribution < 1.29 is 14.3 Å². The molecule has 1 N–H and O–H groups in total. The number of unbranched alkanes of at least 4 members (excludes halogenated alkanes) is 1. The molecule has 118 valence electrons. The lowest BCUT2D eigenvalue weighted by Gasteiger charge is -2.26. The molecule has 21 heavy (non-hydrogen) atoms. The van der Waals surface area contributed by atoms with Crippen LogP contribution in [0.4, 0.5) is 5.69 Å². The molecule has 5 heteroatoms. The summed E-state index contributed by atoms with van der Waals surface area (Å²) in [5.74, 6) is 0.415. The first-order valence-electron chi connectivity index (χ1n) is 7.51. The molecule has 0 aromatic carbocycles. The lowest BCUT2D eigenvalue weighted by molar-refractivity contribution is -0.136. The summed E-state index contributed by atoms with van der Waals surface area (Å²) in [6.07, 6.45) is 5.19. The van der Waals surface area contributed by atoms with Gasteiger partial charge in [0.05, 0.1) is 18.5 Å². The number of rotatable bonds is 9. The summed E-state index contributed by atoms with van der Waals surface area (Å²) < 4.78 is 10.8. The van der Waals surface area contributed by atoms with E-state index >= 15 is 0 Å². The van der Waals surface area contributed by atoms with E-state index in [0.29, 0.717) is 24.6 Å². The van der Waals surface area contributed by atoms with E-state index in [0.717, 1.165) is 19.3 Å². The molecule has 1 heterocycles. The van der Waals surface area contributed by atoms with Crippen molar-refractivity contribution in [3.05, 3.63) is 18.3 Å². The Kier molecular flexibility index (Phi) is 7.15. The molecule has 1 aromatic rings. The summed E-state index contributed by atoms with van der Waals surface area (Å²) in [6.45, 7) is 6.57. The Hall–Kier alpha value is -1.62. The number of aromatic nitrogens is 1. The van der Waals surface area contributed by atoms with Gasteiger partial charge < -0.3 is 14.8 Å². The van der Waals surface area contributed by atoms with Crippen molar-refractivity contribution in [1.82, 2.24) is 4.98 Å². The molecule has 0 saturated carbocycles. The van der Waals surface area contributed by atoms with E-state index in [4.69, 9.17) is 9.47 Å². The maximum atomic E-state index is 12.3. The molecule has 0 bridgehead atoms. The predicted octanol–water partition coefficient (Wildman–Crippen LogP) is 3.40. The largest absolute Gasteiger partial charge is 0.478 e. The number of hydrogen-bond acceptors (Lipinski definition) is 4. The number of anilines is 1. The van der Waals surface area contributed by atoms with Gasteiger partial charge in [0.25, 0.3) is 5.91 Å². The Labute approximate surface area is 127 Å². The Morgan fingerprint density at radius 1 is 1.33 bits per heavy atom. The summed E-state index contributed by atoms with van der Waals surface area (Å²) in [4.78, 5) is 16.5. The van der Waals surface area contributed by atoms with Gasteiger partial charge in [0.2, 0.25) is 5.88 Å². The van der Waals surface area contributed by atoms with Gasteiger partial charge >= 0.3 is 0 Å². The molecular formula is C16H26N2O3. The minimum atomic E-state index is -0.812. The lowest BCUT2D eigenvalue weighted by atomic mass is 9.97. The third-order valence-electron chi connectivity index (χ3n) is 3.39. The van der Waals surface area contributed by atoms with Crippen LogP contribution >= 0.6 is 0 Å². The molecule has 0 spiro atoms. The first-order valence-corrected chi connectivity index (χ1v) is 7.51. The fraction of sp³-hybridized carbons (Fsp3) is 0.625. The van der Waals surface area contributed by atoms with Gasteiger partial charge in [-0.3, -0.25) is 4.79 Å². The second-order valence-electron chi connectivity index (χ2n) is 5.23. The number of methoxy groups -OCH3 is 1. The van der Waals surface area contributed by atoms with E-state index in [2.05, 4.69) is 17.2 Å². The Balaban J connectivity index is 2.64. The van der Waals surface area contributed by atoms with Crippen LogP contribution in [0.15, 0.2) is 18.3 Å². The van der Waals surface area contributed by atoms with Crippen molar-refractivity contribution in [2.45, 2.75) is 52.1 Å². The third kappa shape index (κ3) is 5.34. The molecular weight excluding hydrogens is 268 g/mol. The van der Waals surface area contributed by atoms with E-state index < -0.39 is 5.60 Å². The Bertz CT molecular complexity index is 434. The number of nitrogens with zero attached hydrogens (tertiary/aromatic N) is 1. The molecule has 0 aliphatic rings. The quantitative estimate of drug-likeness (QED) is 0.758. The molecule has 0 fully saturated rings. The Morgan fingerprint density at radius 3 is 2.62 bits per heavy atom. The van der Waals surface area contributed by atoms with Crippen LogP contribution in [0.2, 0.25) is 0 Å². The molecule has 0 saturated heterocycles. The Morgan fingerprint density at radius 2 is 2.10 bits per heavy atom. The van der Waals surface area contributed by atoms with Crippen LogP contribution in [-0.4, -0.2) is 30.2 Å². The van der Waals surface area contributed by atoms with E-state index in [9.17, 15) is 4.79 Å². The highest BCUT2D eigenvalue weighted by Crippen LogP contribution is 2.21. The van der Waals surface area contributed by atoms with Gasteiger partial charge in [-0.05, 0) is 25.8 Å². The fourth-order valence-corrected chi connectivity index (χ4v) is 1.83. The summed E-state index contributed by atoms with van der Waals surface area (Å²) in [5, 5.41) is 2.84. The van der Waals surface area contributed by atoms with Crippen molar-refractivity contribution in [1.29, 1.82) is 0 Å². The number of nitrogens with one attached hydrogen (secondary N) is 1. The molecule has 1 atom stereocenters. The van der Waals surface area contributed by atoms with Crippen molar-refractivity contribution >= 4 is 11.6 Å². The third-order valence-corrected chi connectivity index (χ3v) is 3.39. The summed E-state index contributed by atoms with van der Waals surface area (Å²) in [5.41, 5.74) is -0.170. The van der Waals surface area contributed by atoms with E-state index in [1.165, 1.54) is 0 Å². The average molecular weight is 294 g/mol. The molecule has 1 unspecified atom stereocenters. The number of carbonyl (C=O) groups excluding carboxylic acids is 1. The number of pyridine rings is 1. The maximum absolute atomic E-state index is 12.3. The van der Waals surface area contributed by atoms with Crippen molar-refractivity contribution in [3.63, 3.8) is 0 Å². The number of carbonyl (C=O) groups is 1. The molecule has 5 nitrogen and oxygen atoms in total. The van der Waals surface area contributed by atoms with Gasteiger partial charge in [0, 0.05) is 13.2 Å². The van der Waals surface area contributed by atoms with Crippen LogP contribution < -0.4 is 10.1 Å². The number of ether oxygens (including phenoxy) is 2. The minimum absolute atomic E-state index is 0.150. The molecule has 1 aromatic heterocycles. The average Bonchev–Trinajstić information content (AvgIpc) is 2.51. The fourth-order valence-electron chi connectivity index (χ4n) is 1.83. The first kappa shape index (κ1) is 17.4. The topological polar surface area (TPSA) is 60.5 Å². The molecule has 0 radical (unpaired) electrons. The highest BCUT2D eigenvalue weighted by Gasteiger charge is 2.32. The van der Waals surface area contributed by atoms with Crippen LogP contribution in [0.1, 0.15) is 46.5 Å². The van der Waals surface area contributed by atoms with Gasteiger partial charge in [-0.1, -0.05) is 26.7 Å². The number of hydrogen-bond donors (Lipinski definition) is 1. The van der Waals surface area contributed by atoms with Crippen molar-refractivity contribution in [2.24, 2.45) is 0 Å². The highest BCUT2D eigenvalue weighted by atomic mass is 16.5. The summed E-state index contributed by atoms with van der Waals surface area (Å²) >= 11 is 0. The van der Waals surface area contributed by atoms with Crippen molar-refractivity contribution in [2.75, 3.05) is 19.0 Å². The predicted molar refractivity (Wildman–Crippen MR) is 83.6 cm³/mol. The maximum Gasteiger partial charge on any atom is 0.256 e. The lowest BCUT2D eigenvalue weighted by Crippen LogP contribution is -2.41. The SMILES string of the molecule is CCCCC(C)(OC)C(=O)Nc1ccc(OCCC)nc1. The molecule has 0 aliphatic heterocycles. The second-order valence-corrected chi connectivity index (χ2v) is 5.23. The van der Waals surface area contributed by atoms with E-state index in [1.54, 1.807) is 25.4 Å². The zero-order valence-corrected chi connectivity index (χ0v) is 13.4. The van der Waals surface area contributed by atoms with Crippen LogP contribution in [0, 0.1) is 0 Å². The van der Waals surface area contributed by atoms with Crippen LogP contribution in [0.5, 0.6) is 5.88 Å². The zero-order valence-electron chi connectivity index (χ0n) is 13.4. The molecule has 1 rings (SSSR count). The summed E-state index contributed by atoms with van der Waals surface area (Å²) in [6, 6.07) is 3.53. The first-order chi connectivity index (χ1) is 10.1. The van der Waals surface area contributed by atoms with Crippen LogP contribution in [0.3, 0.4) is 0 Å². The summed E-state index contributed by atoms with van der Waals surface area (Å²) in [7, 11) is 1.56. The van der Waals surface area contributed by atoms with E-state index in [1.807, 2.05) is 13.8 Å². The second kappa shape index (κ2) is 8.62. The van der Waals surface area contributed by atoms with Crippen molar-refractivity contribution in [3.8, 4) is 5.88 Å². The normalized spacial score (nSPS) is 13.5. The highest BCUT2D eigenvalue weighted by molar-refractivity contribution is 5.96. The number of amides is 1. The van der Waals surface area contributed by atoms with Gasteiger partial charge in [0.1, 0.15) is 5.60 Å². The smallest absolute Gasteiger partial charge is 0.256 e. The monoisotopic (exact) mass is 294 g/mol. The molecule has 1 amide bonds. The standard InChI is InChI=1S/C16H26N2O3/c1-5-7-10-16(3,20-4)15(19)18-13-8-9-14(17-12-13)21-11-6-2/h8-9,12H,5-7,10-11H2,1-4H3,(H,18,19). The van der Waals surface area contributed by atoms with Gasteiger partial charge in [-0.15, -0.1) is 0 Å². The zero-order chi connectivity index (χ0) is 15.7. The van der Waals surface area contributed by atoms with Gasteiger partial charge in [0.15, 0.2) is 0 Å². The van der Waals surface area contributed by atoms with Crippen LogP contribution in [-0.2, 0) is 9.53 Å². The van der Waals surface area contributed by atoms with E-state index in [-0.39, 0.29) is 5.91 Å². The van der Waals surface area contributed by atoms with Crippen LogP contribution in [0.25, 0.3) is 0 Å². The van der Waals surface area contributed by atoms with Gasteiger partial charge in [-0.25, -0.2) is 4.98 Å². The molecule has 0 aliphatic carbocycles. The van der Waals surface area contributed by atoms with Gasteiger partial charge in [-0.2, -0.15) is 0 Å². The minimum Gasteiger partial charge on any atom is -0.478 e.